The van der Waals surface area contributed by atoms with Crippen LogP contribution < -0.4 is 5.32 Å². The fourth-order valence-corrected chi connectivity index (χ4v) is 1.93. The van der Waals surface area contributed by atoms with Gasteiger partial charge in [-0.25, -0.2) is 4.79 Å². The van der Waals surface area contributed by atoms with E-state index in [2.05, 4.69) is 5.32 Å². The smallest absolute Gasteiger partial charge is 0.320 e. The van der Waals surface area contributed by atoms with Crippen molar-refractivity contribution in [3.8, 4) is 0 Å². The van der Waals surface area contributed by atoms with Crippen molar-refractivity contribution in [1.82, 2.24) is 15.1 Å². The van der Waals surface area contributed by atoms with Gasteiger partial charge in [-0.1, -0.05) is 0 Å². The third-order valence-electron chi connectivity index (χ3n) is 3.03. The lowest BCUT2D eigenvalue weighted by molar-refractivity contribution is -0.121. The van der Waals surface area contributed by atoms with Gasteiger partial charge in [0.15, 0.2) is 0 Å². The summed E-state index contributed by atoms with van der Waals surface area (Å²) in [5, 5.41) is 2.88. The Hall–Kier alpha value is -1.26. The number of nitrogens with zero attached hydrogens (tertiary/aromatic N) is 2. The molecule has 0 spiro atoms. The van der Waals surface area contributed by atoms with E-state index in [9.17, 15) is 9.59 Å². The monoisotopic (exact) mass is 225 g/mol. The number of urea groups is 1. The van der Waals surface area contributed by atoms with E-state index >= 15 is 0 Å². The molecule has 1 saturated heterocycles. The molecule has 0 radical (unpaired) electrons. The van der Waals surface area contributed by atoms with Crippen molar-refractivity contribution < 1.29 is 9.59 Å². The van der Waals surface area contributed by atoms with E-state index in [-0.39, 0.29) is 18.5 Å². The average molecular weight is 225 g/mol. The van der Waals surface area contributed by atoms with Gasteiger partial charge in [0.2, 0.25) is 5.91 Å². The number of rotatable bonds is 3. The summed E-state index contributed by atoms with van der Waals surface area (Å²) >= 11 is 0. The maximum absolute atomic E-state index is 11.9. The van der Waals surface area contributed by atoms with E-state index in [1.54, 1.807) is 7.05 Å². The summed E-state index contributed by atoms with van der Waals surface area (Å²) < 4.78 is 0. The summed E-state index contributed by atoms with van der Waals surface area (Å²) in [6.45, 7) is 1.83. The van der Waals surface area contributed by atoms with Crippen molar-refractivity contribution in [2.45, 2.75) is 31.7 Å². The molecule has 2 fully saturated rings. The number of amides is 3. The molecule has 5 heteroatoms. The van der Waals surface area contributed by atoms with Crippen LogP contribution in [0.1, 0.15) is 25.7 Å². The zero-order valence-electron chi connectivity index (χ0n) is 9.74. The zero-order chi connectivity index (χ0) is 11.5. The summed E-state index contributed by atoms with van der Waals surface area (Å²) in [6, 6.07) is 0.339. The Labute approximate surface area is 95.8 Å². The van der Waals surface area contributed by atoms with Crippen LogP contribution in [0.15, 0.2) is 0 Å². The van der Waals surface area contributed by atoms with E-state index < -0.39 is 0 Å². The lowest BCUT2D eigenvalue weighted by Gasteiger charge is -2.23. The second kappa shape index (κ2) is 4.72. The fraction of sp³-hybridized carbons (Fsp3) is 0.818. The minimum atomic E-state index is -0.0439. The van der Waals surface area contributed by atoms with Gasteiger partial charge in [-0.2, -0.15) is 0 Å². The molecular weight excluding hydrogens is 206 g/mol. The van der Waals surface area contributed by atoms with E-state index in [1.807, 2.05) is 4.90 Å². The molecule has 2 aliphatic rings. The first kappa shape index (κ1) is 11.2. The first-order valence-corrected chi connectivity index (χ1v) is 5.96. The van der Waals surface area contributed by atoms with Crippen LogP contribution in [-0.4, -0.2) is 54.5 Å². The van der Waals surface area contributed by atoms with E-state index in [0.717, 1.165) is 38.8 Å². The second-order valence-corrected chi connectivity index (χ2v) is 4.67. The topological polar surface area (TPSA) is 52.7 Å². The number of likely N-dealkylation sites (N-methyl/N-ethyl adjacent to an activating group) is 1. The Balaban J connectivity index is 1.74. The number of hydrogen-bond donors (Lipinski definition) is 1. The standard InChI is InChI=1S/C11H19N3O2/c1-13(8-10(15)12-9-4-5-9)11(16)14-6-2-3-7-14/h9H,2-8H2,1H3,(H,12,15). The molecule has 1 N–H and O–H groups in total. The van der Waals surface area contributed by atoms with Crippen molar-refractivity contribution in [3.63, 3.8) is 0 Å². The zero-order valence-corrected chi connectivity index (χ0v) is 9.74. The molecule has 1 aliphatic heterocycles. The molecule has 3 amide bonds. The largest absolute Gasteiger partial charge is 0.352 e. The molecule has 16 heavy (non-hydrogen) atoms. The minimum absolute atomic E-state index is 0.0246. The maximum atomic E-state index is 11.9. The third kappa shape index (κ3) is 2.87. The highest BCUT2D eigenvalue weighted by Crippen LogP contribution is 2.18. The van der Waals surface area contributed by atoms with Crippen molar-refractivity contribution in [2.75, 3.05) is 26.7 Å². The highest BCUT2D eigenvalue weighted by Gasteiger charge is 2.26. The molecule has 0 bridgehead atoms. The SMILES string of the molecule is CN(CC(=O)NC1CC1)C(=O)N1CCCC1. The first-order chi connectivity index (χ1) is 7.66. The lowest BCUT2D eigenvalue weighted by atomic mass is 10.4. The third-order valence-corrected chi connectivity index (χ3v) is 3.03. The van der Waals surface area contributed by atoms with Crippen LogP contribution in [-0.2, 0) is 4.79 Å². The van der Waals surface area contributed by atoms with Gasteiger partial charge in [0.1, 0.15) is 6.54 Å². The molecule has 1 aliphatic carbocycles. The Morgan fingerprint density at radius 3 is 2.50 bits per heavy atom. The van der Waals surface area contributed by atoms with Crippen LogP contribution in [0.3, 0.4) is 0 Å². The van der Waals surface area contributed by atoms with Crippen molar-refractivity contribution in [3.05, 3.63) is 0 Å². The highest BCUT2D eigenvalue weighted by atomic mass is 16.2. The minimum Gasteiger partial charge on any atom is -0.352 e. The van der Waals surface area contributed by atoms with Crippen LogP contribution in [0.4, 0.5) is 4.79 Å². The molecule has 0 aromatic heterocycles. The summed E-state index contributed by atoms with van der Waals surface area (Å²) in [5.74, 6) is -0.0439. The van der Waals surface area contributed by atoms with Crippen molar-refractivity contribution in [1.29, 1.82) is 0 Å². The molecule has 0 aromatic rings. The van der Waals surface area contributed by atoms with Gasteiger partial charge < -0.3 is 15.1 Å². The Morgan fingerprint density at radius 1 is 1.31 bits per heavy atom. The van der Waals surface area contributed by atoms with Gasteiger partial charge in [0, 0.05) is 26.2 Å². The summed E-state index contributed by atoms with van der Waals surface area (Å²) in [5.41, 5.74) is 0. The number of carbonyl (C=O) groups is 2. The van der Waals surface area contributed by atoms with Gasteiger partial charge in [0.25, 0.3) is 0 Å². The lowest BCUT2D eigenvalue weighted by Crippen LogP contribution is -2.44. The molecular formula is C11H19N3O2. The summed E-state index contributed by atoms with van der Waals surface area (Å²) in [6.07, 6.45) is 4.31. The predicted molar refractivity (Wildman–Crippen MR) is 60.0 cm³/mol. The average Bonchev–Trinajstić information content (AvgIpc) is 2.89. The second-order valence-electron chi connectivity index (χ2n) is 4.67. The van der Waals surface area contributed by atoms with Crippen molar-refractivity contribution >= 4 is 11.9 Å². The fourth-order valence-electron chi connectivity index (χ4n) is 1.93. The van der Waals surface area contributed by atoms with E-state index in [0.29, 0.717) is 6.04 Å². The van der Waals surface area contributed by atoms with Gasteiger partial charge in [-0.15, -0.1) is 0 Å². The Bertz CT molecular complexity index is 283. The van der Waals surface area contributed by atoms with Gasteiger partial charge in [0.05, 0.1) is 0 Å². The van der Waals surface area contributed by atoms with Crippen LogP contribution in [0.2, 0.25) is 0 Å². The Kier molecular flexibility index (Phi) is 3.31. The molecule has 0 unspecified atom stereocenters. The Morgan fingerprint density at radius 2 is 1.94 bits per heavy atom. The number of nitrogens with one attached hydrogen (secondary N) is 1. The predicted octanol–water partition coefficient (Wildman–Crippen LogP) is 0.413. The van der Waals surface area contributed by atoms with Crippen LogP contribution in [0.5, 0.6) is 0 Å². The first-order valence-electron chi connectivity index (χ1n) is 5.96. The van der Waals surface area contributed by atoms with Gasteiger partial charge >= 0.3 is 6.03 Å². The molecule has 2 rings (SSSR count). The number of hydrogen-bond acceptors (Lipinski definition) is 2. The van der Waals surface area contributed by atoms with Crippen molar-refractivity contribution in [2.24, 2.45) is 0 Å². The van der Waals surface area contributed by atoms with Gasteiger partial charge in [-0.05, 0) is 25.7 Å². The summed E-state index contributed by atoms with van der Waals surface area (Å²) in [4.78, 5) is 26.7. The van der Waals surface area contributed by atoms with Crippen LogP contribution in [0.25, 0.3) is 0 Å². The molecule has 1 heterocycles. The van der Waals surface area contributed by atoms with E-state index in [4.69, 9.17) is 0 Å². The number of likely N-dealkylation sites (tertiary alicyclic amines) is 1. The molecule has 0 atom stereocenters. The normalized spacial score (nSPS) is 19.7. The maximum Gasteiger partial charge on any atom is 0.320 e. The highest BCUT2D eigenvalue weighted by molar-refractivity contribution is 5.84. The summed E-state index contributed by atoms with van der Waals surface area (Å²) in [7, 11) is 1.69. The van der Waals surface area contributed by atoms with Crippen LogP contribution in [0, 0.1) is 0 Å². The molecule has 1 saturated carbocycles. The van der Waals surface area contributed by atoms with Gasteiger partial charge in [-0.3, -0.25) is 4.79 Å². The van der Waals surface area contributed by atoms with E-state index in [1.165, 1.54) is 4.90 Å². The number of carbonyl (C=O) groups excluding carboxylic acids is 2. The molecule has 90 valence electrons. The quantitative estimate of drug-likeness (QED) is 0.756. The molecule has 0 aromatic carbocycles. The van der Waals surface area contributed by atoms with Crippen LogP contribution >= 0.6 is 0 Å². The molecule has 5 nitrogen and oxygen atoms in total.